The van der Waals surface area contributed by atoms with Gasteiger partial charge in [-0.05, 0) is 20.3 Å². The number of amides is 1. The minimum Gasteiger partial charge on any atom is -0.496 e. The van der Waals surface area contributed by atoms with Crippen LogP contribution in [0.3, 0.4) is 0 Å². The molecule has 0 aliphatic carbocycles. The molecule has 5 heteroatoms. The molecule has 0 radical (unpaired) electrons. The zero-order valence-electron chi connectivity index (χ0n) is 16.8. The minimum absolute atomic E-state index is 0.0487. The first-order chi connectivity index (χ1) is 11.3. The summed E-state index contributed by atoms with van der Waals surface area (Å²) in [5.74, 6) is 0.784. The van der Waals surface area contributed by atoms with Crippen molar-refractivity contribution in [1.29, 1.82) is 0 Å². The van der Waals surface area contributed by atoms with Crippen LogP contribution < -0.4 is 10.3 Å². The van der Waals surface area contributed by atoms with E-state index in [0.717, 1.165) is 18.5 Å². The van der Waals surface area contributed by atoms with Gasteiger partial charge in [0.2, 0.25) is 5.91 Å². The van der Waals surface area contributed by atoms with Gasteiger partial charge in [0.25, 0.3) is 5.56 Å². The fraction of sp³-hybridized carbons (Fsp3) is 0.579. The number of hydrogen-bond donors (Lipinski definition) is 0. The number of aryl methyl sites for hydroxylation is 2. The van der Waals surface area contributed by atoms with Gasteiger partial charge in [0.1, 0.15) is 5.75 Å². The van der Waals surface area contributed by atoms with Crippen molar-refractivity contribution in [2.45, 2.75) is 48.0 Å². The number of nitrogens with zero attached hydrogens (tertiary/aromatic N) is 2. The van der Waals surface area contributed by atoms with Gasteiger partial charge in [-0.15, -0.1) is 0 Å². The van der Waals surface area contributed by atoms with E-state index >= 15 is 0 Å². The molecule has 2 rings (SSSR count). The van der Waals surface area contributed by atoms with Gasteiger partial charge in [-0.2, -0.15) is 0 Å². The van der Waals surface area contributed by atoms with Gasteiger partial charge >= 0.3 is 0 Å². The molecule has 0 spiro atoms. The van der Waals surface area contributed by atoms with Crippen LogP contribution in [0.2, 0.25) is 0 Å². The second-order valence-corrected chi connectivity index (χ2v) is 4.97. The Bertz CT molecular complexity index is 574. The highest BCUT2D eigenvalue weighted by Gasteiger charge is 2.10. The van der Waals surface area contributed by atoms with E-state index in [0.29, 0.717) is 5.75 Å². The molecule has 2 heterocycles. The SMILES string of the molecule is CC.CC.CC1=CC(=O)N(C)CC1.COc1cc(=O)n(C)cc1C. The molecular formula is C19H34N2O3. The Morgan fingerprint density at radius 2 is 1.58 bits per heavy atom. The molecule has 0 atom stereocenters. The first kappa shape index (κ1) is 24.2. The summed E-state index contributed by atoms with van der Waals surface area (Å²) in [5.41, 5.74) is 2.11. The van der Waals surface area contributed by atoms with Crippen molar-refractivity contribution in [3.8, 4) is 5.75 Å². The lowest BCUT2D eigenvalue weighted by molar-refractivity contribution is -0.125. The highest BCUT2D eigenvalue weighted by Crippen LogP contribution is 2.11. The number of likely N-dealkylation sites (N-methyl/N-ethyl adjacent to an activating group) is 1. The highest BCUT2D eigenvalue weighted by atomic mass is 16.5. The van der Waals surface area contributed by atoms with Crippen LogP contribution in [0.15, 0.2) is 28.7 Å². The third-order valence-corrected chi connectivity index (χ3v) is 3.19. The lowest BCUT2D eigenvalue weighted by Gasteiger charge is -2.19. The van der Waals surface area contributed by atoms with E-state index in [2.05, 4.69) is 0 Å². The second-order valence-electron chi connectivity index (χ2n) is 4.97. The van der Waals surface area contributed by atoms with E-state index in [9.17, 15) is 9.59 Å². The van der Waals surface area contributed by atoms with Crippen molar-refractivity contribution in [3.05, 3.63) is 39.8 Å². The maximum Gasteiger partial charge on any atom is 0.253 e. The maximum atomic E-state index is 11.0. The molecular weight excluding hydrogens is 304 g/mol. The number of pyridine rings is 1. The van der Waals surface area contributed by atoms with Crippen LogP contribution in [-0.2, 0) is 11.8 Å². The first-order valence-electron chi connectivity index (χ1n) is 8.48. The van der Waals surface area contributed by atoms with Gasteiger partial charge in [0.05, 0.1) is 7.11 Å². The zero-order valence-corrected chi connectivity index (χ0v) is 16.8. The second kappa shape index (κ2) is 13.4. The molecule has 0 fully saturated rings. The molecule has 0 unspecified atom stereocenters. The van der Waals surface area contributed by atoms with Gasteiger partial charge in [-0.3, -0.25) is 9.59 Å². The molecule has 0 bridgehead atoms. The third kappa shape index (κ3) is 8.56. The van der Waals surface area contributed by atoms with E-state index < -0.39 is 0 Å². The summed E-state index contributed by atoms with van der Waals surface area (Å²) in [4.78, 5) is 23.6. The zero-order chi connectivity index (χ0) is 19.3. The molecule has 138 valence electrons. The number of ether oxygens (including phenoxy) is 1. The lowest BCUT2D eigenvalue weighted by atomic mass is 10.1. The van der Waals surface area contributed by atoms with E-state index in [-0.39, 0.29) is 11.5 Å². The number of carbonyl (C=O) groups is 1. The fourth-order valence-electron chi connectivity index (χ4n) is 1.81. The topological polar surface area (TPSA) is 51.5 Å². The van der Waals surface area contributed by atoms with Crippen LogP contribution in [0.1, 0.15) is 46.6 Å². The fourth-order valence-corrected chi connectivity index (χ4v) is 1.81. The summed E-state index contributed by atoms with van der Waals surface area (Å²) in [7, 11) is 5.10. The molecule has 1 amide bonds. The van der Waals surface area contributed by atoms with Gasteiger partial charge in [-0.25, -0.2) is 0 Å². The van der Waals surface area contributed by atoms with Crippen molar-refractivity contribution in [2.24, 2.45) is 7.05 Å². The first-order valence-corrected chi connectivity index (χ1v) is 8.48. The van der Waals surface area contributed by atoms with Crippen LogP contribution in [0.4, 0.5) is 0 Å². The molecule has 1 aliphatic heterocycles. The summed E-state index contributed by atoms with van der Waals surface area (Å²) in [6.45, 7) is 12.8. The van der Waals surface area contributed by atoms with Crippen molar-refractivity contribution >= 4 is 5.91 Å². The van der Waals surface area contributed by atoms with E-state index in [1.54, 1.807) is 31.3 Å². The van der Waals surface area contributed by atoms with Crippen molar-refractivity contribution in [1.82, 2.24) is 9.47 Å². The lowest BCUT2D eigenvalue weighted by Crippen LogP contribution is -2.29. The van der Waals surface area contributed by atoms with Crippen LogP contribution in [0.25, 0.3) is 0 Å². The van der Waals surface area contributed by atoms with Gasteiger partial charge in [0.15, 0.2) is 0 Å². The summed E-state index contributed by atoms with van der Waals surface area (Å²) < 4.78 is 6.49. The molecule has 1 aliphatic rings. The maximum absolute atomic E-state index is 11.0. The summed E-state index contributed by atoms with van der Waals surface area (Å²) in [6, 6.07) is 1.48. The highest BCUT2D eigenvalue weighted by molar-refractivity contribution is 5.88. The monoisotopic (exact) mass is 338 g/mol. The Morgan fingerprint density at radius 3 is 2.00 bits per heavy atom. The molecule has 0 N–H and O–H groups in total. The third-order valence-electron chi connectivity index (χ3n) is 3.19. The summed E-state index contributed by atoms with van der Waals surface area (Å²) in [6.07, 6.45) is 4.48. The molecule has 0 aromatic carbocycles. The van der Waals surface area contributed by atoms with Crippen LogP contribution >= 0.6 is 0 Å². The van der Waals surface area contributed by atoms with Gasteiger partial charge < -0.3 is 14.2 Å². The predicted octanol–water partition coefficient (Wildman–Crippen LogP) is 3.55. The molecule has 5 nitrogen and oxygen atoms in total. The summed E-state index contributed by atoms with van der Waals surface area (Å²) in [5, 5.41) is 0. The Morgan fingerprint density at radius 1 is 1.04 bits per heavy atom. The minimum atomic E-state index is -0.0487. The van der Waals surface area contributed by atoms with Crippen molar-refractivity contribution in [2.75, 3.05) is 20.7 Å². The number of aromatic nitrogens is 1. The van der Waals surface area contributed by atoms with Gasteiger partial charge in [0, 0.05) is 44.5 Å². The van der Waals surface area contributed by atoms with E-state index in [1.807, 2.05) is 48.6 Å². The Balaban J connectivity index is 0. The van der Waals surface area contributed by atoms with Crippen LogP contribution in [-0.4, -0.2) is 36.1 Å². The molecule has 24 heavy (non-hydrogen) atoms. The average Bonchev–Trinajstić information content (AvgIpc) is 2.59. The Labute approximate surface area is 146 Å². The van der Waals surface area contributed by atoms with Gasteiger partial charge in [-0.1, -0.05) is 33.3 Å². The van der Waals surface area contributed by atoms with Crippen LogP contribution in [0.5, 0.6) is 5.75 Å². The number of carbonyl (C=O) groups excluding carboxylic acids is 1. The van der Waals surface area contributed by atoms with Crippen molar-refractivity contribution < 1.29 is 9.53 Å². The normalized spacial score (nSPS) is 12.5. The quantitative estimate of drug-likeness (QED) is 0.787. The number of rotatable bonds is 1. The largest absolute Gasteiger partial charge is 0.496 e. The molecule has 0 saturated carbocycles. The molecule has 0 saturated heterocycles. The van der Waals surface area contributed by atoms with Crippen molar-refractivity contribution in [3.63, 3.8) is 0 Å². The Kier molecular flexibility index (Phi) is 13.5. The predicted molar refractivity (Wildman–Crippen MR) is 102 cm³/mol. The number of hydrogen-bond acceptors (Lipinski definition) is 3. The molecule has 1 aromatic rings. The summed E-state index contributed by atoms with van der Waals surface area (Å²) >= 11 is 0. The van der Waals surface area contributed by atoms with E-state index in [1.165, 1.54) is 16.2 Å². The standard InChI is InChI=1S/C8H11NO2.C7H11NO.2C2H6/c1-6-5-9(2)8(10)4-7(6)11-3;1-6-3-4-8(2)7(9)5-6;2*1-2/h4-5H,1-3H3;5H,3-4H2,1-2H3;2*1-2H3. The average molecular weight is 338 g/mol. The molecule has 1 aromatic heterocycles. The number of methoxy groups -OCH3 is 1. The van der Waals surface area contributed by atoms with E-state index in [4.69, 9.17) is 4.74 Å². The van der Waals surface area contributed by atoms with Crippen LogP contribution in [0, 0.1) is 6.92 Å². The Hall–Kier alpha value is -2.04. The smallest absolute Gasteiger partial charge is 0.253 e.